The number of hydrogen-bond donors (Lipinski definition) is 1. The highest BCUT2D eigenvalue weighted by atomic mass is 32.2. The summed E-state index contributed by atoms with van der Waals surface area (Å²) < 4.78 is 79.6. The molecule has 0 fully saturated rings. The van der Waals surface area contributed by atoms with E-state index in [1.807, 2.05) is 0 Å². The van der Waals surface area contributed by atoms with Gasteiger partial charge >= 0.3 is 6.18 Å². The van der Waals surface area contributed by atoms with E-state index in [1.54, 1.807) is 17.5 Å². The summed E-state index contributed by atoms with van der Waals surface area (Å²) in [5, 5.41) is 1.77. The first-order chi connectivity index (χ1) is 13.1. The Morgan fingerprint density at radius 3 is 2.32 bits per heavy atom. The van der Waals surface area contributed by atoms with Crippen LogP contribution in [0.3, 0.4) is 0 Å². The molecule has 9 heteroatoms. The van der Waals surface area contributed by atoms with Crippen molar-refractivity contribution in [1.82, 2.24) is 4.72 Å². The average Bonchev–Trinajstić information content (AvgIpc) is 3.14. The molecule has 148 valence electrons. The van der Waals surface area contributed by atoms with Crippen molar-refractivity contribution in [2.24, 2.45) is 0 Å². The summed E-state index contributed by atoms with van der Waals surface area (Å²) in [5.74, 6) is -1.07. The minimum absolute atomic E-state index is 0.0198. The van der Waals surface area contributed by atoms with Gasteiger partial charge in [0, 0.05) is 4.88 Å². The SMILES string of the molecule is O=S(=O)(Cc1cccc(C(F)(F)F)c1)NC(c1ccc(F)cc1)c1cccs1. The van der Waals surface area contributed by atoms with Gasteiger partial charge in [0.2, 0.25) is 10.0 Å². The minimum atomic E-state index is -4.55. The summed E-state index contributed by atoms with van der Waals surface area (Å²) in [6.45, 7) is 0. The Bertz CT molecular complexity index is 1030. The fourth-order valence-electron chi connectivity index (χ4n) is 2.68. The van der Waals surface area contributed by atoms with Gasteiger partial charge in [0.05, 0.1) is 17.4 Å². The first-order valence-corrected chi connectivity index (χ1v) is 10.6. The number of nitrogens with one attached hydrogen (secondary N) is 1. The second-order valence-electron chi connectivity index (χ2n) is 6.08. The standard InChI is InChI=1S/C19H15F4NO2S2/c20-16-8-6-14(7-9-16)18(17-5-2-10-27-17)24-28(25,26)12-13-3-1-4-15(11-13)19(21,22)23/h1-11,18,24H,12H2. The van der Waals surface area contributed by atoms with Gasteiger partial charge in [-0.05, 0) is 40.8 Å². The smallest absolute Gasteiger partial charge is 0.212 e. The summed E-state index contributed by atoms with van der Waals surface area (Å²) in [6.07, 6.45) is -4.55. The van der Waals surface area contributed by atoms with Gasteiger partial charge in [-0.2, -0.15) is 13.2 Å². The van der Waals surface area contributed by atoms with Crippen molar-refractivity contribution in [3.05, 3.63) is 93.4 Å². The van der Waals surface area contributed by atoms with Crippen LogP contribution in [0.2, 0.25) is 0 Å². The molecule has 3 aromatic rings. The van der Waals surface area contributed by atoms with Crippen LogP contribution in [-0.2, 0) is 22.0 Å². The van der Waals surface area contributed by atoms with E-state index in [0.717, 1.165) is 12.1 Å². The Hall–Kier alpha value is -2.23. The molecule has 1 unspecified atom stereocenters. The zero-order valence-corrected chi connectivity index (χ0v) is 15.9. The van der Waals surface area contributed by atoms with Crippen molar-refractivity contribution in [3.8, 4) is 0 Å². The van der Waals surface area contributed by atoms with Gasteiger partial charge in [0.15, 0.2) is 0 Å². The van der Waals surface area contributed by atoms with Crippen LogP contribution in [0.1, 0.15) is 27.6 Å². The third-order valence-electron chi connectivity index (χ3n) is 3.94. The second kappa shape index (κ2) is 8.02. The minimum Gasteiger partial charge on any atom is -0.212 e. The Morgan fingerprint density at radius 1 is 1.00 bits per heavy atom. The van der Waals surface area contributed by atoms with Crippen molar-refractivity contribution in [2.45, 2.75) is 18.0 Å². The number of benzene rings is 2. The van der Waals surface area contributed by atoms with Crippen LogP contribution in [0.4, 0.5) is 17.6 Å². The maximum Gasteiger partial charge on any atom is 0.416 e. The van der Waals surface area contributed by atoms with Crippen LogP contribution in [0, 0.1) is 5.82 Å². The molecule has 0 aliphatic carbocycles. The highest BCUT2D eigenvalue weighted by molar-refractivity contribution is 7.88. The quantitative estimate of drug-likeness (QED) is 0.553. The van der Waals surface area contributed by atoms with Crippen LogP contribution >= 0.6 is 11.3 Å². The number of thiophene rings is 1. The lowest BCUT2D eigenvalue weighted by Gasteiger charge is -2.18. The molecule has 2 aromatic carbocycles. The summed E-state index contributed by atoms with van der Waals surface area (Å²) in [4.78, 5) is 0.680. The maximum atomic E-state index is 13.2. The molecule has 1 heterocycles. The molecule has 0 aliphatic rings. The molecule has 1 atom stereocenters. The molecule has 0 radical (unpaired) electrons. The fourth-order valence-corrected chi connectivity index (χ4v) is 4.88. The Kier molecular flexibility index (Phi) is 5.87. The number of hydrogen-bond acceptors (Lipinski definition) is 3. The Balaban J connectivity index is 1.87. The molecule has 0 saturated heterocycles. The predicted octanol–water partition coefficient (Wildman–Crippen LogP) is 5.12. The number of halogens is 4. The molecular weight excluding hydrogens is 414 g/mol. The van der Waals surface area contributed by atoms with Crippen LogP contribution < -0.4 is 4.72 Å². The van der Waals surface area contributed by atoms with Crippen LogP contribution in [-0.4, -0.2) is 8.42 Å². The van der Waals surface area contributed by atoms with Crippen molar-refractivity contribution < 1.29 is 26.0 Å². The van der Waals surface area contributed by atoms with Crippen molar-refractivity contribution in [2.75, 3.05) is 0 Å². The van der Waals surface area contributed by atoms with E-state index in [1.165, 1.54) is 47.7 Å². The van der Waals surface area contributed by atoms with Crippen LogP contribution in [0.25, 0.3) is 0 Å². The Morgan fingerprint density at radius 2 is 1.71 bits per heavy atom. The molecular formula is C19H15F4NO2S2. The van der Waals surface area contributed by atoms with Crippen molar-refractivity contribution in [1.29, 1.82) is 0 Å². The van der Waals surface area contributed by atoms with E-state index >= 15 is 0 Å². The third kappa shape index (κ3) is 5.18. The molecule has 0 amide bonds. The van der Waals surface area contributed by atoms with Gasteiger partial charge in [0.25, 0.3) is 0 Å². The monoisotopic (exact) mass is 429 g/mol. The zero-order chi connectivity index (χ0) is 20.4. The number of alkyl halides is 3. The van der Waals surface area contributed by atoms with Gasteiger partial charge < -0.3 is 0 Å². The van der Waals surface area contributed by atoms with Crippen LogP contribution in [0.15, 0.2) is 66.0 Å². The summed E-state index contributed by atoms with van der Waals surface area (Å²) in [5.41, 5.74) is -0.364. The van der Waals surface area contributed by atoms with E-state index in [4.69, 9.17) is 0 Å². The van der Waals surface area contributed by atoms with Crippen LogP contribution in [0.5, 0.6) is 0 Å². The molecule has 1 N–H and O–H groups in total. The molecule has 28 heavy (non-hydrogen) atoms. The van der Waals surface area contributed by atoms with Gasteiger partial charge in [0.1, 0.15) is 5.82 Å². The molecule has 0 aliphatic heterocycles. The fraction of sp³-hybridized carbons (Fsp3) is 0.158. The first kappa shape index (κ1) is 20.5. The van der Waals surface area contributed by atoms with Gasteiger partial charge in [-0.25, -0.2) is 17.5 Å². The molecule has 0 spiro atoms. The second-order valence-corrected chi connectivity index (χ2v) is 8.81. The van der Waals surface area contributed by atoms with E-state index in [0.29, 0.717) is 10.4 Å². The summed E-state index contributed by atoms with van der Waals surface area (Å²) in [6, 6.07) is 12.3. The molecule has 3 rings (SSSR count). The third-order valence-corrected chi connectivity index (χ3v) is 6.18. The molecule has 1 aromatic heterocycles. The average molecular weight is 429 g/mol. The number of sulfonamides is 1. The maximum absolute atomic E-state index is 13.2. The van der Waals surface area contributed by atoms with E-state index in [-0.39, 0.29) is 5.56 Å². The van der Waals surface area contributed by atoms with Gasteiger partial charge in [-0.3, -0.25) is 0 Å². The topological polar surface area (TPSA) is 46.2 Å². The first-order valence-electron chi connectivity index (χ1n) is 8.09. The lowest BCUT2D eigenvalue weighted by atomic mass is 10.1. The predicted molar refractivity (Wildman–Crippen MR) is 99.8 cm³/mol. The zero-order valence-electron chi connectivity index (χ0n) is 14.3. The van der Waals surface area contributed by atoms with Gasteiger partial charge in [-0.1, -0.05) is 36.4 Å². The van der Waals surface area contributed by atoms with E-state index < -0.39 is 39.4 Å². The highest BCUT2D eigenvalue weighted by Gasteiger charge is 2.31. The highest BCUT2D eigenvalue weighted by Crippen LogP contribution is 2.31. The number of rotatable bonds is 6. The molecule has 0 saturated carbocycles. The normalized spacial score (nSPS) is 13.4. The van der Waals surface area contributed by atoms with Gasteiger partial charge in [-0.15, -0.1) is 11.3 Å². The lowest BCUT2D eigenvalue weighted by Crippen LogP contribution is -2.30. The Labute approximate surface area is 163 Å². The lowest BCUT2D eigenvalue weighted by molar-refractivity contribution is -0.137. The van der Waals surface area contributed by atoms with E-state index in [9.17, 15) is 26.0 Å². The largest absolute Gasteiger partial charge is 0.416 e. The molecule has 3 nitrogen and oxygen atoms in total. The molecule has 0 bridgehead atoms. The summed E-state index contributed by atoms with van der Waals surface area (Å²) >= 11 is 1.31. The van der Waals surface area contributed by atoms with Crippen molar-refractivity contribution in [3.63, 3.8) is 0 Å². The summed E-state index contributed by atoms with van der Waals surface area (Å²) in [7, 11) is -3.98. The van der Waals surface area contributed by atoms with E-state index in [2.05, 4.69) is 4.72 Å². The van der Waals surface area contributed by atoms with Crippen molar-refractivity contribution >= 4 is 21.4 Å².